The van der Waals surface area contributed by atoms with Gasteiger partial charge in [0.25, 0.3) is 0 Å². The average molecular weight is 124 g/mol. The molecule has 0 aliphatic carbocycles. The van der Waals surface area contributed by atoms with Crippen LogP contribution in [0.3, 0.4) is 0 Å². The Kier molecular flexibility index (Phi) is 1.53. The number of rotatable bonds is 1. The van der Waals surface area contributed by atoms with Crippen molar-refractivity contribution in [2.45, 2.75) is 0 Å². The molecular weight excluding hydrogens is 116 g/mol. The van der Waals surface area contributed by atoms with Gasteiger partial charge < -0.3 is 0 Å². The maximum atomic E-state index is 10.1. The minimum Gasteiger partial charge on any atom is -0.298 e. The first-order valence-corrected chi connectivity index (χ1v) is 2.66. The second kappa shape index (κ2) is 2.35. The molecule has 0 aromatic carbocycles. The predicted molar refractivity (Wildman–Crippen MR) is 34.2 cm³/mol. The van der Waals surface area contributed by atoms with Crippen molar-refractivity contribution in [2.75, 3.05) is 7.05 Å². The molecule has 0 bridgehead atoms. The second-order valence-corrected chi connectivity index (χ2v) is 1.80. The summed E-state index contributed by atoms with van der Waals surface area (Å²) >= 11 is 0. The molecule has 0 aromatic heterocycles. The van der Waals surface area contributed by atoms with Crippen LogP contribution in [0.25, 0.3) is 0 Å². The molecule has 0 saturated heterocycles. The van der Waals surface area contributed by atoms with Gasteiger partial charge in [-0.25, -0.2) is 0 Å². The van der Waals surface area contributed by atoms with E-state index in [2.05, 4.69) is 5.43 Å². The number of hydrazine groups is 1. The fourth-order valence-corrected chi connectivity index (χ4v) is 0.620. The van der Waals surface area contributed by atoms with Crippen LogP contribution in [-0.4, -0.2) is 18.3 Å². The zero-order valence-corrected chi connectivity index (χ0v) is 5.16. The Morgan fingerprint density at radius 3 is 3.00 bits per heavy atom. The normalized spacial score (nSPS) is 16.6. The molecule has 0 spiro atoms. The number of aldehydes is 1. The lowest BCUT2D eigenvalue weighted by Gasteiger charge is -2.18. The fourth-order valence-electron chi connectivity index (χ4n) is 0.620. The van der Waals surface area contributed by atoms with Gasteiger partial charge in [-0.15, -0.1) is 0 Å². The number of allylic oxidation sites excluding steroid dienone is 3. The van der Waals surface area contributed by atoms with Crippen LogP contribution in [0, 0.1) is 0 Å². The van der Waals surface area contributed by atoms with E-state index >= 15 is 0 Å². The molecule has 9 heavy (non-hydrogen) atoms. The Balaban J connectivity index is 2.65. The van der Waals surface area contributed by atoms with Gasteiger partial charge in [0.1, 0.15) is 0 Å². The summed E-state index contributed by atoms with van der Waals surface area (Å²) in [5.74, 6) is 0. The Morgan fingerprint density at radius 2 is 2.56 bits per heavy atom. The van der Waals surface area contributed by atoms with Gasteiger partial charge in [-0.05, 0) is 12.2 Å². The summed E-state index contributed by atoms with van der Waals surface area (Å²) in [6.07, 6.45) is 6.13. The van der Waals surface area contributed by atoms with Crippen molar-refractivity contribution in [1.82, 2.24) is 10.4 Å². The van der Waals surface area contributed by atoms with Crippen LogP contribution in [0.4, 0.5) is 0 Å². The molecule has 3 nitrogen and oxygen atoms in total. The van der Waals surface area contributed by atoms with Crippen LogP contribution in [0.5, 0.6) is 0 Å². The molecule has 0 radical (unpaired) electrons. The molecule has 3 heteroatoms. The monoisotopic (exact) mass is 124 g/mol. The van der Waals surface area contributed by atoms with Crippen molar-refractivity contribution in [3.8, 4) is 0 Å². The minimum atomic E-state index is 0.583. The highest BCUT2D eigenvalue weighted by atomic mass is 16.1. The van der Waals surface area contributed by atoms with Crippen molar-refractivity contribution in [3.63, 3.8) is 0 Å². The Hall–Kier alpha value is -1.25. The molecule has 1 aliphatic rings. The van der Waals surface area contributed by atoms with E-state index in [9.17, 15) is 4.79 Å². The first kappa shape index (κ1) is 5.88. The number of hydrogen-bond donors (Lipinski definition) is 1. The second-order valence-electron chi connectivity index (χ2n) is 1.80. The number of hydrogen-bond acceptors (Lipinski definition) is 3. The highest BCUT2D eigenvalue weighted by Crippen LogP contribution is 1.94. The quantitative estimate of drug-likeness (QED) is 0.501. The molecule has 0 atom stereocenters. The first-order valence-electron chi connectivity index (χ1n) is 2.66. The van der Waals surface area contributed by atoms with Gasteiger partial charge in [0.15, 0.2) is 6.29 Å². The molecular formula is C6H8N2O. The number of nitrogens with zero attached hydrogens (tertiary/aromatic N) is 1. The van der Waals surface area contributed by atoms with Crippen molar-refractivity contribution in [2.24, 2.45) is 0 Å². The maximum Gasteiger partial charge on any atom is 0.167 e. The summed E-state index contributed by atoms with van der Waals surface area (Å²) in [5.41, 5.74) is 3.39. The topological polar surface area (TPSA) is 32.3 Å². The van der Waals surface area contributed by atoms with E-state index in [0.29, 0.717) is 5.70 Å². The van der Waals surface area contributed by atoms with Crippen LogP contribution >= 0.6 is 0 Å². The van der Waals surface area contributed by atoms with Crippen LogP contribution in [0.1, 0.15) is 0 Å². The molecule has 1 heterocycles. The largest absolute Gasteiger partial charge is 0.298 e. The molecule has 1 N–H and O–H groups in total. The summed E-state index contributed by atoms with van der Waals surface area (Å²) in [6, 6.07) is 0. The van der Waals surface area contributed by atoms with Crippen LogP contribution in [0.2, 0.25) is 0 Å². The highest BCUT2D eigenvalue weighted by Gasteiger charge is 1.97. The maximum absolute atomic E-state index is 10.1. The molecule has 0 unspecified atom stereocenters. The van der Waals surface area contributed by atoms with E-state index in [4.69, 9.17) is 0 Å². The lowest BCUT2D eigenvalue weighted by Crippen LogP contribution is -2.31. The summed E-state index contributed by atoms with van der Waals surface area (Å²) < 4.78 is 0. The van der Waals surface area contributed by atoms with E-state index in [1.165, 1.54) is 0 Å². The van der Waals surface area contributed by atoms with Crippen LogP contribution in [-0.2, 0) is 4.79 Å². The van der Waals surface area contributed by atoms with Gasteiger partial charge in [0, 0.05) is 13.2 Å². The SMILES string of the molecule is CN1C=CC=C(C=O)N1. The lowest BCUT2D eigenvalue weighted by molar-refractivity contribution is -0.105. The van der Waals surface area contributed by atoms with Gasteiger partial charge in [-0.3, -0.25) is 15.2 Å². The van der Waals surface area contributed by atoms with Crippen LogP contribution in [0.15, 0.2) is 24.0 Å². The molecule has 0 fully saturated rings. The van der Waals surface area contributed by atoms with E-state index in [-0.39, 0.29) is 0 Å². The van der Waals surface area contributed by atoms with Gasteiger partial charge in [0.2, 0.25) is 0 Å². The Labute approximate surface area is 53.6 Å². The lowest BCUT2D eigenvalue weighted by atomic mass is 10.4. The fraction of sp³-hybridized carbons (Fsp3) is 0.167. The summed E-state index contributed by atoms with van der Waals surface area (Å²) in [6.45, 7) is 0. The zero-order valence-electron chi connectivity index (χ0n) is 5.16. The zero-order chi connectivity index (χ0) is 6.69. The number of carbonyl (C=O) groups is 1. The highest BCUT2D eigenvalue weighted by molar-refractivity contribution is 5.72. The standard InChI is InChI=1S/C6H8N2O/c1-8-4-2-3-6(5-9)7-8/h2-5,7H,1H3. The van der Waals surface area contributed by atoms with Crippen molar-refractivity contribution < 1.29 is 4.79 Å². The average Bonchev–Trinajstić information content (AvgIpc) is 1.88. The molecule has 1 aliphatic heterocycles. The predicted octanol–water partition coefficient (Wildman–Crippen LogP) is 0.0329. The van der Waals surface area contributed by atoms with Crippen molar-refractivity contribution in [3.05, 3.63) is 24.0 Å². The Morgan fingerprint density at radius 1 is 1.78 bits per heavy atom. The van der Waals surface area contributed by atoms with Crippen molar-refractivity contribution in [1.29, 1.82) is 0 Å². The molecule has 0 saturated carbocycles. The summed E-state index contributed by atoms with van der Waals surface area (Å²) in [5, 5.41) is 1.71. The van der Waals surface area contributed by atoms with E-state index < -0.39 is 0 Å². The molecule has 0 amide bonds. The van der Waals surface area contributed by atoms with Crippen molar-refractivity contribution >= 4 is 6.29 Å². The smallest absolute Gasteiger partial charge is 0.167 e. The van der Waals surface area contributed by atoms with Gasteiger partial charge in [-0.2, -0.15) is 0 Å². The number of carbonyl (C=O) groups excluding carboxylic acids is 1. The minimum absolute atomic E-state index is 0.583. The molecule has 48 valence electrons. The number of nitrogens with one attached hydrogen (secondary N) is 1. The summed E-state index contributed by atoms with van der Waals surface area (Å²) in [4.78, 5) is 10.1. The molecule has 1 rings (SSSR count). The third-order valence-electron chi connectivity index (χ3n) is 1.02. The third-order valence-corrected chi connectivity index (χ3v) is 1.02. The van der Waals surface area contributed by atoms with E-state index in [1.807, 2.05) is 13.2 Å². The molecule has 0 aromatic rings. The van der Waals surface area contributed by atoms with Gasteiger partial charge >= 0.3 is 0 Å². The third kappa shape index (κ3) is 1.32. The van der Waals surface area contributed by atoms with Crippen LogP contribution < -0.4 is 5.43 Å². The van der Waals surface area contributed by atoms with Gasteiger partial charge in [0.05, 0.1) is 5.70 Å². The van der Waals surface area contributed by atoms with E-state index in [0.717, 1.165) is 6.29 Å². The van der Waals surface area contributed by atoms with Gasteiger partial charge in [-0.1, -0.05) is 0 Å². The van der Waals surface area contributed by atoms with E-state index in [1.54, 1.807) is 17.2 Å². The summed E-state index contributed by atoms with van der Waals surface area (Å²) in [7, 11) is 1.83. The first-order chi connectivity index (χ1) is 4.33. The Bertz CT molecular complexity index is 172.